The van der Waals surface area contributed by atoms with Gasteiger partial charge in [0, 0.05) is 11.6 Å². The van der Waals surface area contributed by atoms with Gasteiger partial charge >= 0.3 is 28.7 Å². The lowest BCUT2D eigenvalue weighted by molar-refractivity contribution is -0.143. The number of nitrogens with one attached hydrogen (secondary N) is 1. The van der Waals surface area contributed by atoms with E-state index in [2.05, 4.69) is 11.7 Å². The lowest BCUT2D eigenvalue weighted by atomic mass is 9.97. The van der Waals surface area contributed by atoms with Crippen LogP contribution in [0.2, 0.25) is 0 Å². The van der Waals surface area contributed by atoms with E-state index in [4.69, 9.17) is 0 Å². The summed E-state index contributed by atoms with van der Waals surface area (Å²) in [5.41, 5.74) is -6.00. The summed E-state index contributed by atoms with van der Waals surface area (Å²) >= 11 is 0. The summed E-state index contributed by atoms with van der Waals surface area (Å²) in [4.78, 5) is -1.24. The largest absolute Gasteiger partial charge is 0.435 e. The van der Waals surface area contributed by atoms with Crippen molar-refractivity contribution in [3.63, 3.8) is 0 Å². The molecule has 1 heterocycles. The molecule has 0 fully saturated rings. The highest BCUT2D eigenvalue weighted by Crippen LogP contribution is 2.36. The fourth-order valence-electron chi connectivity index (χ4n) is 2.30. The molecule has 0 saturated carbocycles. The molecule has 0 aliphatic heterocycles. The predicted molar refractivity (Wildman–Crippen MR) is 100 cm³/mol. The average molecular weight is 549 g/mol. The third-order valence-corrected chi connectivity index (χ3v) is 7.49. The molecular weight excluding hydrogens is 533 g/mol. The number of sulfonamides is 1. The summed E-state index contributed by atoms with van der Waals surface area (Å²) in [6.45, 7) is 5.54. The quantitative estimate of drug-likeness (QED) is 0.380. The Bertz CT molecular complexity index is 1190. The predicted octanol–water partition coefficient (Wildman–Crippen LogP) is 4.54. The van der Waals surface area contributed by atoms with Crippen LogP contribution in [0.4, 0.5) is 39.5 Å². The molecule has 1 rings (SSSR count). The Hall–Kier alpha value is -2.34. The summed E-state index contributed by atoms with van der Waals surface area (Å²) in [6, 6.07) is -0.666. The zero-order valence-corrected chi connectivity index (χ0v) is 18.7. The third kappa shape index (κ3) is 7.08. The molecule has 1 aromatic rings. The minimum Gasteiger partial charge on any atom is -0.206 e. The molecule has 1 aromatic heterocycles. The molecule has 0 aromatic carbocycles. The van der Waals surface area contributed by atoms with Crippen molar-refractivity contribution >= 4 is 20.2 Å². The Labute approximate surface area is 187 Å². The van der Waals surface area contributed by atoms with Gasteiger partial charge in [-0.1, -0.05) is 30.6 Å². The molecule has 34 heavy (non-hydrogen) atoms. The van der Waals surface area contributed by atoms with Gasteiger partial charge < -0.3 is 0 Å². The van der Waals surface area contributed by atoms with Crippen molar-refractivity contribution in [2.45, 2.75) is 38.8 Å². The molecule has 194 valence electrons. The molecule has 0 spiro atoms. The summed E-state index contributed by atoms with van der Waals surface area (Å²) in [5, 5.41) is 2.28. The maximum Gasteiger partial charge on any atom is 0.435 e. The molecule has 0 amide bonds. The lowest BCUT2D eigenvalue weighted by Crippen LogP contribution is -2.38. The van der Waals surface area contributed by atoms with Crippen molar-refractivity contribution in [3.8, 4) is 0 Å². The lowest BCUT2D eigenvalue weighted by Gasteiger charge is -2.17. The molecule has 1 atom stereocenters. The second-order valence-electron chi connectivity index (χ2n) is 6.55. The average Bonchev–Trinajstić information content (AvgIpc) is 3.10. The van der Waals surface area contributed by atoms with Gasteiger partial charge in [0.05, 0.1) is 4.91 Å². The van der Waals surface area contributed by atoms with Crippen LogP contribution in [0.1, 0.15) is 31.7 Å². The van der Waals surface area contributed by atoms with Gasteiger partial charge in [-0.15, -0.1) is 4.09 Å². The van der Waals surface area contributed by atoms with Crippen molar-refractivity contribution in [3.05, 3.63) is 52.7 Å². The van der Waals surface area contributed by atoms with Crippen LogP contribution in [-0.2, 0) is 32.6 Å². The molecule has 1 N–H and O–H groups in total. The second-order valence-corrected chi connectivity index (χ2v) is 9.99. The maximum absolute atomic E-state index is 13.2. The Kier molecular flexibility index (Phi) is 8.49. The van der Waals surface area contributed by atoms with E-state index >= 15 is 0 Å². The fourth-order valence-corrected chi connectivity index (χ4v) is 5.15. The highest BCUT2D eigenvalue weighted by molar-refractivity contribution is 8.06. The van der Waals surface area contributed by atoms with Gasteiger partial charge in [-0.2, -0.15) is 53.0 Å². The van der Waals surface area contributed by atoms with Crippen LogP contribution >= 0.6 is 0 Å². The van der Waals surface area contributed by atoms with Crippen LogP contribution in [0.25, 0.3) is 0 Å². The minimum absolute atomic E-state index is 0.0248. The van der Waals surface area contributed by atoms with Gasteiger partial charge in [0.25, 0.3) is 10.0 Å². The van der Waals surface area contributed by atoms with Crippen LogP contribution in [0, 0.1) is 5.92 Å². The number of hydrogen-bond acceptors (Lipinski definition) is 5. The van der Waals surface area contributed by atoms with Gasteiger partial charge in [-0.25, -0.2) is 8.42 Å². The molecule has 0 radical (unpaired) electrons. The maximum atomic E-state index is 13.2. The van der Waals surface area contributed by atoms with E-state index in [0.717, 1.165) is 6.92 Å². The molecule has 0 aliphatic carbocycles. The Morgan fingerprint density at radius 3 is 1.97 bits per heavy atom. The normalized spacial score (nSPS) is 16.0. The van der Waals surface area contributed by atoms with Gasteiger partial charge in [0.15, 0.2) is 11.4 Å². The first-order chi connectivity index (χ1) is 15.1. The van der Waals surface area contributed by atoms with Crippen LogP contribution in [0.3, 0.4) is 0 Å². The second kappa shape index (κ2) is 9.73. The number of rotatable bonds is 8. The Morgan fingerprint density at radius 1 is 1.06 bits per heavy atom. The van der Waals surface area contributed by atoms with Crippen LogP contribution in [-0.4, -0.2) is 32.2 Å². The summed E-state index contributed by atoms with van der Waals surface area (Å²) in [7, 11) is -11.5. The van der Waals surface area contributed by atoms with E-state index in [-0.39, 0.29) is 12.5 Å². The standard InChI is InChI=1S/C16H16F9N3O4S2/c1-4-9(3)11(14(17,18)19)7-6-10(5-2)33(29,30)27-34(31,32)28-13(16(23,24)25)8-12(26-28)15(20,21)22/h5-9,27H,2,4H2,1,3H3/b10-6+,11-7+. The van der Waals surface area contributed by atoms with Gasteiger partial charge in [0.1, 0.15) is 0 Å². The van der Waals surface area contributed by atoms with Crippen molar-refractivity contribution in [1.29, 1.82) is 0 Å². The smallest absolute Gasteiger partial charge is 0.206 e. The molecular formula is C16H16F9N3O4S2. The van der Waals surface area contributed by atoms with Crippen molar-refractivity contribution in [2.75, 3.05) is 0 Å². The van der Waals surface area contributed by atoms with Crippen molar-refractivity contribution in [1.82, 2.24) is 13.3 Å². The molecule has 1 unspecified atom stereocenters. The van der Waals surface area contributed by atoms with Gasteiger partial charge in [0.2, 0.25) is 0 Å². The summed E-state index contributed by atoms with van der Waals surface area (Å²) in [5.74, 6) is -1.12. The Balaban J connectivity index is 3.60. The van der Waals surface area contributed by atoms with Crippen molar-refractivity contribution in [2.24, 2.45) is 5.92 Å². The molecule has 0 bridgehead atoms. The van der Waals surface area contributed by atoms with Crippen LogP contribution in [0.15, 0.2) is 41.4 Å². The monoisotopic (exact) mass is 549 g/mol. The number of nitrogens with zero attached hydrogens (tertiary/aromatic N) is 2. The van der Waals surface area contributed by atoms with Gasteiger partial charge in [-0.3, -0.25) is 0 Å². The first-order valence-electron chi connectivity index (χ1n) is 8.73. The third-order valence-electron chi connectivity index (χ3n) is 4.11. The zero-order chi connectivity index (χ0) is 26.9. The number of hydrogen-bond donors (Lipinski definition) is 1. The van der Waals surface area contributed by atoms with E-state index in [0.29, 0.717) is 16.3 Å². The molecule has 18 heteroatoms. The van der Waals surface area contributed by atoms with E-state index in [1.165, 1.54) is 6.92 Å². The highest BCUT2D eigenvalue weighted by Gasteiger charge is 2.45. The first kappa shape index (κ1) is 29.7. The zero-order valence-electron chi connectivity index (χ0n) is 17.0. The molecule has 0 aliphatic rings. The first-order valence-corrected chi connectivity index (χ1v) is 11.6. The highest BCUT2D eigenvalue weighted by atomic mass is 32.3. The SMILES string of the molecule is C=C/C(=C\C=C(/C(C)CC)C(F)(F)F)S(=O)(=O)NS(=O)(=O)n1nc(C(F)(F)F)cc1C(F)(F)F. The van der Waals surface area contributed by atoms with Crippen molar-refractivity contribution < 1.29 is 56.3 Å². The number of halogens is 9. The van der Waals surface area contributed by atoms with Gasteiger partial charge in [-0.05, 0) is 24.5 Å². The van der Waals surface area contributed by atoms with Crippen LogP contribution in [0.5, 0.6) is 0 Å². The topological polar surface area (TPSA) is 98.1 Å². The Morgan fingerprint density at radius 2 is 1.59 bits per heavy atom. The minimum atomic E-state index is -6.00. The number of allylic oxidation sites excluding steroid dienone is 4. The van der Waals surface area contributed by atoms with E-state index in [9.17, 15) is 56.3 Å². The molecule has 7 nitrogen and oxygen atoms in total. The number of alkyl halides is 9. The van der Waals surface area contributed by atoms with E-state index in [1.807, 2.05) is 0 Å². The summed E-state index contributed by atoms with van der Waals surface area (Å²) < 4.78 is 165. The molecule has 0 saturated heterocycles. The van der Waals surface area contributed by atoms with Crippen LogP contribution < -0.4 is 4.13 Å². The summed E-state index contributed by atoms with van der Waals surface area (Å²) in [6.07, 6.45) is -15.2. The fraction of sp³-hybridized carbons (Fsp3) is 0.438. The number of aromatic nitrogens is 2. The van der Waals surface area contributed by atoms with E-state index < -0.39 is 76.7 Å². The van der Waals surface area contributed by atoms with E-state index in [1.54, 1.807) is 0 Å².